The number of ether oxygens (including phenoxy) is 3. The summed E-state index contributed by atoms with van der Waals surface area (Å²) in [5.41, 5.74) is 1.21. The molecule has 0 spiro atoms. The third kappa shape index (κ3) is 4.56. The van der Waals surface area contributed by atoms with Crippen LogP contribution in [0.4, 0.5) is 5.69 Å². The van der Waals surface area contributed by atoms with Crippen LogP contribution >= 0.6 is 0 Å². The van der Waals surface area contributed by atoms with Crippen LogP contribution in [-0.4, -0.2) is 35.6 Å². The molecule has 8 heteroatoms. The minimum absolute atomic E-state index is 0.000637. The van der Waals surface area contributed by atoms with Crippen molar-refractivity contribution in [2.75, 3.05) is 12.0 Å². The number of fused-ring (bicyclic) bond motifs is 5. The van der Waals surface area contributed by atoms with Gasteiger partial charge in [-0.25, -0.2) is 4.79 Å². The summed E-state index contributed by atoms with van der Waals surface area (Å²) >= 11 is 0. The van der Waals surface area contributed by atoms with Crippen molar-refractivity contribution in [3.05, 3.63) is 78.4 Å². The Labute approximate surface area is 226 Å². The van der Waals surface area contributed by atoms with Crippen LogP contribution in [0.25, 0.3) is 21.5 Å². The van der Waals surface area contributed by atoms with E-state index in [0.717, 1.165) is 35.5 Å². The first-order chi connectivity index (χ1) is 18.7. The number of carbonyl (C=O) groups excluding carboxylic acids is 2. The lowest BCUT2D eigenvalue weighted by atomic mass is 9.64. The van der Waals surface area contributed by atoms with Gasteiger partial charge >= 0.3 is 5.97 Å². The van der Waals surface area contributed by atoms with Crippen LogP contribution in [0.2, 0.25) is 0 Å². The Kier molecular flexibility index (Phi) is 6.92. The summed E-state index contributed by atoms with van der Waals surface area (Å²) < 4.78 is 17.3. The first kappa shape index (κ1) is 26.5. The molecule has 0 unspecified atom stereocenters. The third-order valence-electron chi connectivity index (χ3n) is 7.82. The largest absolute Gasteiger partial charge is 0.459 e. The molecule has 0 saturated carbocycles. The molecule has 0 amide bonds. The molecule has 3 aromatic carbocycles. The van der Waals surface area contributed by atoms with Crippen molar-refractivity contribution in [2.45, 2.75) is 39.2 Å². The fraction of sp³-hybridized carbons (Fsp3) is 0.290. The summed E-state index contributed by atoms with van der Waals surface area (Å²) in [6.07, 6.45) is 6.24. The van der Waals surface area contributed by atoms with E-state index in [1.807, 2.05) is 30.3 Å². The van der Waals surface area contributed by atoms with E-state index < -0.39 is 12.1 Å². The Balaban J connectivity index is 1.54. The summed E-state index contributed by atoms with van der Waals surface area (Å²) in [6.45, 7) is 11.8. The van der Waals surface area contributed by atoms with Crippen molar-refractivity contribution >= 4 is 39.5 Å². The van der Waals surface area contributed by atoms with Crippen molar-refractivity contribution in [3.63, 3.8) is 0 Å². The van der Waals surface area contributed by atoms with Gasteiger partial charge in [0.05, 0.1) is 5.56 Å². The van der Waals surface area contributed by atoms with Crippen LogP contribution in [0.1, 0.15) is 43.5 Å². The number of hydrogen-bond donors (Lipinski definition) is 2. The molecule has 0 fully saturated rings. The average molecular weight is 530 g/mol. The number of esters is 1. The molecular formula is C31H31NO7. The Bertz CT molecular complexity index is 1540. The molecule has 5 rings (SSSR count). The molecule has 39 heavy (non-hydrogen) atoms. The number of nitrogens with zero attached hydrogens (tertiary/aromatic N) is 1. The maximum absolute atomic E-state index is 13.7. The number of anilines is 1. The third-order valence-corrected chi connectivity index (χ3v) is 7.82. The molecule has 0 saturated heterocycles. The van der Waals surface area contributed by atoms with Crippen molar-refractivity contribution < 1.29 is 34.2 Å². The molecule has 3 aromatic rings. The molecule has 0 bridgehead atoms. The zero-order chi connectivity index (χ0) is 27.9. The average Bonchev–Trinajstić information content (AvgIpc) is 3.40. The second-order valence-electron chi connectivity index (χ2n) is 10.4. The highest BCUT2D eigenvalue weighted by molar-refractivity contribution is 6.22. The highest BCUT2D eigenvalue weighted by Gasteiger charge is 2.38. The molecule has 1 heterocycles. The summed E-state index contributed by atoms with van der Waals surface area (Å²) in [4.78, 5) is 25.4. The van der Waals surface area contributed by atoms with E-state index in [0.29, 0.717) is 28.9 Å². The standard InChI is InChI=1S/C31H31NO7/c1-5-31(4)12-8-10-21(28(31)18(2)16-33)13-19(3)39-30(34)23-15-25-29(38-17-37-25)27-22-11-7-6-9-20(22)14-24(26(23)27)32(35)36/h5-7,9-11,14-16,19,28,35-36H,1-2,8,12-13,17H2,3-4H3/t19-,28-,31-/m0/s1. The quantitative estimate of drug-likeness (QED) is 0.0848. The number of hydrogen-bond acceptors (Lipinski definition) is 8. The van der Waals surface area contributed by atoms with Gasteiger partial charge in [0.25, 0.3) is 0 Å². The lowest BCUT2D eigenvalue weighted by molar-refractivity contribution is -0.105. The van der Waals surface area contributed by atoms with Gasteiger partial charge in [-0.15, -0.1) is 11.8 Å². The Hall–Kier alpha value is -4.14. The number of aldehydes is 1. The van der Waals surface area contributed by atoms with Gasteiger partial charge in [-0.05, 0) is 53.7 Å². The van der Waals surface area contributed by atoms with Gasteiger partial charge in [-0.3, -0.25) is 15.2 Å². The lowest BCUT2D eigenvalue weighted by Crippen LogP contribution is -2.33. The zero-order valence-corrected chi connectivity index (χ0v) is 22.0. The van der Waals surface area contributed by atoms with E-state index in [4.69, 9.17) is 14.2 Å². The fourth-order valence-electron chi connectivity index (χ4n) is 5.98. The minimum atomic E-state index is -0.655. The predicted octanol–water partition coefficient (Wildman–Crippen LogP) is 6.53. The van der Waals surface area contributed by atoms with Gasteiger partial charge in [-0.1, -0.05) is 55.5 Å². The van der Waals surface area contributed by atoms with Gasteiger partial charge in [0.15, 0.2) is 11.5 Å². The zero-order valence-electron chi connectivity index (χ0n) is 22.0. The van der Waals surface area contributed by atoms with Gasteiger partial charge in [0.2, 0.25) is 6.79 Å². The Morgan fingerprint density at radius 3 is 2.74 bits per heavy atom. The molecule has 0 aromatic heterocycles. The van der Waals surface area contributed by atoms with Crippen LogP contribution < -0.4 is 14.7 Å². The van der Waals surface area contributed by atoms with Crippen LogP contribution in [0.15, 0.2) is 72.9 Å². The normalized spacial score (nSPS) is 20.8. The van der Waals surface area contributed by atoms with E-state index in [-0.39, 0.29) is 40.0 Å². The van der Waals surface area contributed by atoms with Gasteiger partial charge < -0.3 is 14.2 Å². The van der Waals surface area contributed by atoms with Crippen molar-refractivity contribution in [1.82, 2.24) is 0 Å². The van der Waals surface area contributed by atoms with Crippen LogP contribution in [-0.2, 0) is 9.53 Å². The van der Waals surface area contributed by atoms with Crippen LogP contribution in [0.3, 0.4) is 0 Å². The summed E-state index contributed by atoms with van der Waals surface area (Å²) in [6, 6.07) is 10.5. The van der Waals surface area contributed by atoms with E-state index in [1.54, 1.807) is 13.0 Å². The van der Waals surface area contributed by atoms with E-state index in [9.17, 15) is 20.0 Å². The lowest BCUT2D eigenvalue weighted by Gasteiger charge is -2.40. The molecule has 2 N–H and O–H groups in total. The number of benzene rings is 3. The number of allylic oxidation sites excluding steroid dienone is 3. The molecular weight excluding hydrogens is 498 g/mol. The second-order valence-corrected chi connectivity index (χ2v) is 10.4. The van der Waals surface area contributed by atoms with Gasteiger partial charge in [-0.2, -0.15) is 0 Å². The maximum atomic E-state index is 13.7. The summed E-state index contributed by atoms with van der Waals surface area (Å²) in [7, 11) is 0. The van der Waals surface area contributed by atoms with E-state index >= 15 is 0 Å². The van der Waals surface area contributed by atoms with E-state index in [1.165, 1.54) is 6.07 Å². The summed E-state index contributed by atoms with van der Waals surface area (Å²) in [5, 5.41) is 22.5. The molecule has 8 nitrogen and oxygen atoms in total. The van der Waals surface area contributed by atoms with Crippen molar-refractivity contribution in [3.8, 4) is 11.5 Å². The fourth-order valence-corrected chi connectivity index (χ4v) is 5.98. The van der Waals surface area contributed by atoms with Crippen LogP contribution in [0.5, 0.6) is 11.5 Å². The Morgan fingerprint density at radius 1 is 1.26 bits per heavy atom. The molecule has 3 atom stereocenters. The molecule has 1 aliphatic heterocycles. The number of carbonyl (C=O) groups is 2. The van der Waals surface area contributed by atoms with E-state index in [2.05, 4.69) is 26.2 Å². The first-order valence-electron chi connectivity index (χ1n) is 12.8. The monoisotopic (exact) mass is 529 g/mol. The summed E-state index contributed by atoms with van der Waals surface area (Å²) in [5.74, 6) is -0.103. The predicted molar refractivity (Wildman–Crippen MR) is 147 cm³/mol. The highest BCUT2D eigenvalue weighted by Crippen LogP contribution is 2.49. The number of rotatable bonds is 8. The second kappa shape index (κ2) is 10.2. The maximum Gasteiger partial charge on any atom is 0.339 e. The smallest absolute Gasteiger partial charge is 0.339 e. The van der Waals surface area contributed by atoms with Crippen molar-refractivity contribution in [2.24, 2.45) is 11.3 Å². The van der Waals surface area contributed by atoms with Gasteiger partial charge in [0, 0.05) is 23.1 Å². The molecule has 2 aliphatic rings. The van der Waals surface area contributed by atoms with Gasteiger partial charge in [0.1, 0.15) is 18.1 Å². The van der Waals surface area contributed by atoms with Crippen molar-refractivity contribution in [1.29, 1.82) is 0 Å². The molecule has 1 aliphatic carbocycles. The highest BCUT2D eigenvalue weighted by atomic mass is 16.8. The SMILES string of the molecule is C=C[C@@]1(C)CCC=C(C[C@H](C)OC(=O)c2cc3c(c4c2c(N(O)O)cc2ccccc24)OCO3)[C@@H]1C(=C)C=O. The Morgan fingerprint density at radius 2 is 2.03 bits per heavy atom. The minimum Gasteiger partial charge on any atom is -0.459 e. The first-order valence-corrected chi connectivity index (χ1v) is 12.8. The van der Waals surface area contributed by atoms with Crippen LogP contribution in [0, 0.1) is 11.3 Å². The topological polar surface area (TPSA) is 106 Å². The molecule has 202 valence electrons. The molecule has 0 radical (unpaired) electrons.